The van der Waals surface area contributed by atoms with Gasteiger partial charge in [-0.1, -0.05) is 54.1 Å². The molecule has 9 N–H and O–H groups in total. The monoisotopic (exact) mass is 742 g/mol. The molecule has 4 aliphatic heterocycles. The molecule has 2 amide bonds. The van der Waals surface area contributed by atoms with Crippen LogP contribution in [0.5, 0.6) is 0 Å². The van der Waals surface area contributed by atoms with Crippen LogP contribution in [-0.2, 0) is 38.1 Å². The lowest BCUT2D eigenvalue weighted by Gasteiger charge is -2.46. The summed E-state index contributed by atoms with van der Waals surface area (Å²) in [6.45, 7) is 2.20. The van der Waals surface area contributed by atoms with E-state index in [4.69, 9.17) is 41.0 Å². The van der Waals surface area contributed by atoms with Crippen LogP contribution in [0, 0.1) is 0 Å². The Labute approximate surface area is 297 Å². The molecule has 0 aromatic carbocycles. The van der Waals surface area contributed by atoms with E-state index in [2.05, 4.69) is 0 Å². The number of ether oxygens (including phenoxy) is 5. The molecule has 13 atom stereocenters. The number of halogens is 1. The molecule has 0 radical (unpaired) electrons. The van der Waals surface area contributed by atoms with Crippen molar-refractivity contribution in [2.24, 2.45) is 5.73 Å². The van der Waals surface area contributed by atoms with Gasteiger partial charge in [-0.15, -0.1) is 0 Å². The first kappa shape index (κ1) is 40.5. The summed E-state index contributed by atoms with van der Waals surface area (Å²) in [5.74, 6) is -3.83. The maximum Gasteiger partial charge on any atom is 0.264 e. The molecule has 4 saturated heterocycles. The number of hydrogen-bond acceptors (Lipinski definition) is 15. The van der Waals surface area contributed by atoms with Crippen molar-refractivity contribution >= 4 is 29.2 Å². The lowest BCUT2D eigenvalue weighted by Crippen LogP contribution is -2.65. The van der Waals surface area contributed by atoms with Gasteiger partial charge in [-0.05, 0) is 26.0 Å². The van der Waals surface area contributed by atoms with Crippen LogP contribution in [0.2, 0.25) is 0 Å². The Bertz CT molecular complexity index is 1460. The summed E-state index contributed by atoms with van der Waals surface area (Å²) in [5.41, 5.74) is 4.67. The molecule has 0 spiro atoms. The van der Waals surface area contributed by atoms with Gasteiger partial charge in [0.2, 0.25) is 5.91 Å². The number of likely N-dealkylation sites (tertiary alicyclic amines) is 1. The summed E-state index contributed by atoms with van der Waals surface area (Å²) in [6.07, 6.45) is -5.02. The van der Waals surface area contributed by atoms with Crippen molar-refractivity contribution in [3.05, 3.63) is 71.0 Å². The zero-order valence-corrected chi connectivity index (χ0v) is 28.4. The fraction of sp³-hybridized carbons (Fsp3) is 0.545. The van der Waals surface area contributed by atoms with Crippen LogP contribution in [0.1, 0.15) is 20.3 Å². The molecule has 0 saturated carbocycles. The third kappa shape index (κ3) is 9.58. The van der Waals surface area contributed by atoms with Crippen molar-refractivity contribution in [1.29, 1.82) is 0 Å². The van der Waals surface area contributed by atoms with Crippen molar-refractivity contribution in [1.82, 2.24) is 4.90 Å². The summed E-state index contributed by atoms with van der Waals surface area (Å²) in [4.78, 5) is 40.0. The van der Waals surface area contributed by atoms with Crippen molar-refractivity contribution in [3.63, 3.8) is 0 Å². The van der Waals surface area contributed by atoms with Gasteiger partial charge in [-0.25, -0.2) is 0 Å². The van der Waals surface area contributed by atoms with Gasteiger partial charge in [0, 0.05) is 5.03 Å². The quantitative estimate of drug-likeness (QED) is 0.0475. The van der Waals surface area contributed by atoms with Gasteiger partial charge in [-0.2, -0.15) is 0 Å². The molecule has 13 unspecified atom stereocenters. The number of primary amides is 1. The number of aliphatic hydroxyl groups is 7. The molecular formula is C33H43ClN2O15. The highest BCUT2D eigenvalue weighted by Gasteiger charge is 2.56. The van der Waals surface area contributed by atoms with Gasteiger partial charge in [0.25, 0.3) is 5.91 Å². The van der Waals surface area contributed by atoms with Crippen LogP contribution >= 0.6 is 11.6 Å². The topological polar surface area (TPSA) is 268 Å². The summed E-state index contributed by atoms with van der Waals surface area (Å²) >= 11 is 5.74. The zero-order chi connectivity index (χ0) is 37.6. The fourth-order valence-electron chi connectivity index (χ4n) is 5.74. The second-order valence-corrected chi connectivity index (χ2v) is 12.8. The largest absolute Gasteiger partial charge is 0.507 e. The smallest absolute Gasteiger partial charge is 0.264 e. The predicted octanol–water partition coefficient (Wildman–Crippen LogP) is -1.79. The fourth-order valence-corrected chi connectivity index (χ4v) is 5.81. The van der Waals surface area contributed by atoms with Gasteiger partial charge in [0.05, 0.1) is 25.7 Å². The number of hydrogen-bond donors (Lipinski definition) is 8. The van der Waals surface area contributed by atoms with E-state index in [1.165, 1.54) is 19.1 Å². The summed E-state index contributed by atoms with van der Waals surface area (Å²) in [5, 5.41) is 74.5. The van der Waals surface area contributed by atoms with E-state index >= 15 is 0 Å². The second-order valence-electron chi connectivity index (χ2n) is 12.2. The lowest BCUT2D eigenvalue weighted by molar-refractivity contribution is -0.338. The van der Waals surface area contributed by atoms with Crippen LogP contribution in [0.3, 0.4) is 0 Å². The molecule has 17 nitrogen and oxygen atoms in total. The molecule has 51 heavy (non-hydrogen) atoms. The Morgan fingerprint density at radius 2 is 1.51 bits per heavy atom. The van der Waals surface area contributed by atoms with E-state index in [0.29, 0.717) is 5.03 Å². The summed E-state index contributed by atoms with van der Waals surface area (Å²) < 4.78 is 27.8. The molecular weight excluding hydrogens is 700 g/mol. The van der Waals surface area contributed by atoms with Crippen molar-refractivity contribution < 1.29 is 73.8 Å². The number of carbonyl (C=O) groups excluding carboxylic acids is 3. The minimum atomic E-state index is -1.89. The number of ketones is 1. The zero-order valence-electron chi connectivity index (χ0n) is 27.6. The van der Waals surface area contributed by atoms with Crippen LogP contribution in [0.15, 0.2) is 71.0 Å². The van der Waals surface area contributed by atoms with Crippen LogP contribution < -0.4 is 5.73 Å². The van der Waals surface area contributed by atoms with Gasteiger partial charge in [0.1, 0.15) is 66.2 Å². The molecule has 4 rings (SSSR count). The van der Waals surface area contributed by atoms with Crippen molar-refractivity contribution in [2.75, 3.05) is 13.2 Å². The first-order valence-electron chi connectivity index (χ1n) is 16.0. The van der Waals surface area contributed by atoms with E-state index in [9.17, 15) is 50.1 Å². The number of rotatable bonds is 12. The van der Waals surface area contributed by atoms with Gasteiger partial charge in [0.15, 0.2) is 24.6 Å². The number of aliphatic hydroxyl groups excluding tert-OH is 7. The highest BCUT2D eigenvalue weighted by atomic mass is 35.5. The second kappa shape index (κ2) is 18.0. The predicted molar refractivity (Wildman–Crippen MR) is 175 cm³/mol. The van der Waals surface area contributed by atoms with Gasteiger partial charge >= 0.3 is 0 Å². The number of nitrogens with two attached hydrogens (primary N) is 1. The van der Waals surface area contributed by atoms with Crippen LogP contribution in [-0.4, -0.2) is 151 Å². The maximum absolute atomic E-state index is 13.7. The average Bonchev–Trinajstić information content (AvgIpc) is 3.45. The van der Waals surface area contributed by atoms with E-state index in [1.54, 1.807) is 43.4 Å². The lowest BCUT2D eigenvalue weighted by atomic mass is 10.0. The van der Waals surface area contributed by atoms with E-state index in [0.717, 1.165) is 11.0 Å². The van der Waals surface area contributed by atoms with Crippen LogP contribution in [0.25, 0.3) is 0 Å². The van der Waals surface area contributed by atoms with E-state index in [-0.39, 0.29) is 0 Å². The molecule has 0 bridgehead atoms. The minimum Gasteiger partial charge on any atom is -0.507 e. The molecule has 0 aromatic heterocycles. The molecule has 4 heterocycles. The summed E-state index contributed by atoms with van der Waals surface area (Å²) in [7, 11) is 0. The Kier molecular flexibility index (Phi) is 14.2. The molecule has 282 valence electrons. The highest BCUT2D eigenvalue weighted by molar-refractivity contribution is 6.29. The number of carbonyl (C=O) groups is 3. The molecule has 4 fully saturated rings. The molecule has 0 aromatic rings. The molecule has 18 heteroatoms. The molecule has 4 aliphatic rings. The number of amides is 2. The third-order valence-corrected chi connectivity index (χ3v) is 8.57. The van der Waals surface area contributed by atoms with Crippen molar-refractivity contribution in [2.45, 2.75) is 100 Å². The summed E-state index contributed by atoms with van der Waals surface area (Å²) in [6, 6.07) is -1.62. The number of nitrogens with zero attached hydrogens (tertiary/aromatic N) is 1. The Balaban J connectivity index is 1.52. The van der Waals surface area contributed by atoms with Gasteiger partial charge < -0.3 is 65.2 Å². The van der Waals surface area contributed by atoms with E-state index in [1.807, 2.05) is 0 Å². The first-order valence-corrected chi connectivity index (χ1v) is 16.4. The average molecular weight is 743 g/mol. The Morgan fingerprint density at radius 3 is 2.12 bits per heavy atom. The third-order valence-electron chi connectivity index (χ3n) is 8.45. The Hall–Kier alpha value is -3.30. The SMILES string of the molecule is CC(Cl)=CC=CC=CC=CC=CC(O)=C1C(=O)C(CC(N)=O)N(C2OCC(O)C(O)C2OC2OCC(OC3OC(C)C(O)C3O)C(O)C2O)C1=O. The van der Waals surface area contributed by atoms with Gasteiger partial charge in [-0.3, -0.25) is 19.3 Å². The highest BCUT2D eigenvalue weighted by Crippen LogP contribution is 2.35. The van der Waals surface area contributed by atoms with E-state index < -0.39 is 128 Å². The van der Waals surface area contributed by atoms with Crippen molar-refractivity contribution in [3.8, 4) is 0 Å². The molecule has 0 aliphatic carbocycles. The number of Topliss-reactive ketones (excluding diaryl/α,β-unsaturated/α-hetero) is 1. The Morgan fingerprint density at radius 1 is 0.882 bits per heavy atom. The normalized spacial score (nSPS) is 39.4. The standard InChI is InChI=1S/C33H43ClN2O15/c1-15(34)10-8-6-4-3-5-7-9-11-18(37)22-24(41)17(12-21(35)39)36(30(22)46)31-29(25(42)19(38)13-47-31)51-32-28(45)26(43)20(14-48-32)50-33-27(44)23(40)16(2)49-33/h3-11,16-17,19-20,23,25-29,31-33,37-38,40,42-45H,12-14H2,1-2H3,(H2,35,39). The maximum atomic E-state index is 13.7. The minimum absolute atomic E-state index is 0.457. The number of allylic oxidation sites excluding steroid dienone is 10. The first-order chi connectivity index (χ1) is 24.1. The van der Waals surface area contributed by atoms with Crippen LogP contribution in [0.4, 0.5) is 0 Å².